The molecule has 1 rings (SSSR count). The molecular formula is C10H16N2O3S. The third kappa shape index (κ3) is 3.55. The standard InChI is InChI=1S/C10H16N2O3S/c1-2-16(14,15)12(6-7-13)9-10-4-3-5-11-8-10/h3-5,8,13H,2,6-7,9H2,1H3. The van der Waals surface area contributed by atoms with Crippen molar-refractivity contribution in [3.05, 3.63) is 30.1 Å². The van der Waals surface area contributed by atoms with Crippen molar-refractivity contribution in [1.82, 2.24) is 9.29 Å². The van der Waals surface area contributed by atoms with E-state index < -0.39 is 10.0 Å². The van der Waals surface area contributed by atoms with Crippen LogP contribution >= 0.6 is 0 Å². The number of hydrogen-bond acceptors (Lipinski definition) is 4. The molecule has 0 aliphatic carbocycles. The van der Waals surface area contributed by atoms with Crippen LogP contribution in [0.1, 0.15) is 12.5 Å². The number of sulfonamides is 1. The fourth-order valence-electron chi connectivity index (χ4n) is 1.31. The molecule has 0 unspecified atom stereocenters. The molecule has 0 atom stereocenters. The van der Waals surface area contributed by atoms with Crippen LogP contribution in [0.15, 0.2) is 24.5 Å². The molecular weight excluding hydrogens is 228 g/mol. The number of aromatic nitrogens is 1. The third-order valence-electron chi connectivity index (χ3n) is 2.19. The molecule has 0 amide bonds. The van der Waals surface area contributed by atoms with E-state index >= 15 is 0 Å². The summed E-state index contributed by atoms with van der Waals surface area (Å²) >= 11 is 0. The van der Waals surface area contributed by atoms with Crippen LogP contribution in [0.25, 0.3) is 0 Å². The molecule has 1 heterocycles. The lowest BCUT2D eigenvalue weighted by atomic mass is 10.3. The molecule has 0 fully saturated rings. The van der Waals surface area contributed by atoms with Gasteiger partial charge >= 0.3 is 0 Å². The second kappa shape index (κ2) is 5.93. The second-order valence-electron chi connectivity index (χ2n) is 3.32. The van der Waals surface area contributed by atoms with E-state index in [1.54, 1.807) is 25.4 Å². The first kappa shape index (κ1) is 13.1. The number of pyridine rings is 1. The summed E-state index contributed by atoms with van der Waals surface area (Å²) in [7, 11) is -3.28. The summed E-state index contributed by atoms with van der Waals surface area (Å²) in [4.78, 5) is 3.92. The number of rotatable bonds is 6. The van der Waals surface area contributed by atoms with Crippen molar-refractivity contribution in [3.63, 3.8) is 0 Å². The average molecular weight is 244 g/mol. The predicted octanol–water partition coefficient (Wildman–Crippen LogP) is 0.226. The molecule has 6 heteroatoms. The van der Waals surface area contributed by atoms with Gasteiger partial charge in [0.2, 0.25) is 10.0 Å². The average Bonchev–Trinajstić information content (AvgIpc) is 2.30. The Balaban J connectivity index is 2.81. The van der Waals surface area contributed by atoms with Gasteiger partial charge < -0.3 is 5.11 Å². The summed E-state index contributed by atoms with van der Waals surface area (Å²) in [6, 6.07) is 3.56. The van der Waals surface area contributed by atoms with E-state index in [0.29, 0.717) is 0 Å². The van der Waals surface area contributed by atoms with Crippen LogP contribution in [-0.2, 0) is 16.6 Å². The lowest BCUT2D eigenvalue weighted by Gasteiger charge is -2.20. The molecule has 0 saturated carbocycles. The Hall–Kier alpha value is -0.980. The zero-order valence-corrected chi connectivity index (χ0v) is 10.0. The monoisotopic (exact) mass is 244 g/mol. The highest BCUT2D eigenvalue weighted by atomic mass is 32.2. The van der Waals surface area contributed by atoms with Gasteiger partial charge in [-0.1, -0.05) is 6.07 Å². The zero-order chi connectivity index (χ0) is 12.0. The van der Waals surface area contributed by atoms with Gasteiger partial charge in [0.05, 0.1) is 12.4 Å². The Kier molecular flexibility index (Phi) is 4.85. The third-order valence-corrected chi connectivity index (χ3v) is 4.02. The van der Waals surface area contributed by atoms with Gasteiger partial charge in [0.25, 0.3) is 0 Å². The first-order valence-electron chi connectivity index (χ1n) is 5.07. The van der Waals surface area contributed by atoms with Crippen molar-refractivity contribution >= 4 is 10.0 Å². The highest BCUT2D eigenvalue weighted by molar-refractivity contribution is 7.89. The molecule has 5 nitrogen and oxygen atoms in total. The highest BCUT2D eigenvalue weighted by Crippen LogP contribution is 2.08. The van der Waals surface area contributed by atoms with Crippen LogP contribution in [0.5, 0.6) is 0 Å². The van der Waals surface area contributed by atoms with Crippen molar-refractivity contribution in [2.75, 3.05) is 18.9 Å². The summed E-state index contributed by atoms with van der Waals surface area (Å²) in [5.74, 6) is 0.0350. The molecule has 0 saturated heterocycles. The van der Waals surface area contributed by atoms with Gasteiger partial charge in [-0.05, 0) is 18.6 Å². The summed E-state index contributed by atoms with van der Waals surface area (Å²) in [5, 5.41) is 8.85. The van der Waals surface area contributed by atoms with Crippen molar-refractivity contribution in [1.29, 1.82) is 0 Å². The molecule has 1 N–H and O–H groups in total. The largest absolute Gasteiger partial charge is 0.395 e. The van der Waals surface area contributed by atoms with Gasteiger partial charge in [-0.15, -0.1) is 0 Å². The molecule has 1 aromatic rings. The first-order valence-corrected chi connectivity index (χ1v) is 6.68. The lowest BCUT2D eigenvalue weighted by molar-refractivity contribution is 0.251. The number of nitrogens with zero attached hydrogens (tertiary/aromatic N) is 2. The maximum absolute atomic E-state index is 11.7. The molecule has 0 radical (unpaired) electrons. The van der Waals surface area contributed by atoms with Crippen LogP contribution in [0.4, 0.5) is 0 Å². The Morgan fingerprint density at radius 1 is 1.50 bits per heavy atom. The summed E-state index contributed by atoms with van der Waals surface area (Å²) in [6.45, 7) is 1.78. The SMILES string of the molecule is CCS(=O)(=O)N(CCO)Cc1cccnc1. The quantitative estimate of drug-likeness (QED) is 0.777. The van der Waals surface area contributed by atoms with Crippen molar-refractivity contribution in [2.45, 2.75) is 13.5 Å². The fourth-order valence-corrected chi connectivity index (χ4v) is 2.38. The first-order chi connectivity index (χ1) is 7.60. The van der Waals surface area contributed by atoms with Crippen molar-refractivity contribution in [2.24, 2.45) is 0 Å². The van der Waals surface area contributed by atoms with E-state index in [9.17, 15) is 8.42 Å². The molecule has 0 aromatic carbocycles. The highest BCUT2D eigenvalue weighted by Gasteiger charge is 2.19. The van der Waals surface area contributed by atoms with Crippen molar-refractivity contribution < 1.29 is 13.5 Å². The van der Waals surface area contributed by atoms with Crippen LogP contribution in [0.2, 0.25) is 0 Å². The Bertz CT molecular complexity index is 405. The fraction of sp³-hybridized carbons (Fsp3) is 0.500. The van der Waals surface area contributed by atoms with Crippen molar-refractivity contribution in [3.8, 4) is 0 Å². The van der Waals surface area contributed by atoms with Crippen LogP contribution in [0.3, 0.4) is 0 Å². The minimum absolute atomic E-state index is 0.0350. The van der Waals surface area contributed by atoms with Gasteiger partial charge in [-0.25, -0.2) is 8.42 Å². The maximum Gasteiger partial charge on any atom is 0.214 e. The van der Waals surface area contributed by atoms with Gasteiger partial charge in [-0.2, -0.15) is 4.31 Å². The molecule has 0 spiro atoms. The summed E-state index contributed by atoms with van der Waals surface area (Å²) in [6.07, 6.45) is 3.25. The van der Waals surface area contributed by atoms with Gasteiger partial charge in [-0.3, -0.25) is 4.98 Å². The Morgan fingerprint density at radius 2 is 2.25 bits per heavy atom. The van der Waals surface area contributed by atoms with Crippen LogP contribution in [0, 0.1) is 0 Å². The van der Waals surface area contributed by atoms with E-state index in [0.717, 1.165) is 5.56 Å². The van der Waals surface area contributed by atoms with Gasteiger partial charge in [0.15, 0.2) is 0 Å². The zero-order valence-electron chi connectivity index (χ0n) is 9.20. The topological polar surface area (TPSA) is 70.5 Å². The minimum atomic E-state index is -3.28. The molecule has 0 aliphatic rings. The molecule has 90 valence electrons. The normalized spacial score (nSPS) is 11.9. The number of aliphatic hydroxyl groups excluding tert-OH is 1. The van der Waals surface area contributed by atoms with Crippen LogP contribution < -0.4 is 0 Å². The lowest BCUT2D eigenvalue weighted by Crippen LogP contribution is -2.34. The van der Waals surface area contributed by atoms with E-state index in [1.165, 1.54) is 4.31 Å². The predicted molar refractivity (Wildman–Crippen MR) is 61.2 cm³/mol. The molecule has 1 aromatic heterocycles. The summed E-state index contributed by atoms with van der Waals surface area (Å²) in [5.41, 5.74) is 0.813. The van der Waals surface area contributed by atoms with E-state index in [-0.39, 0.29) is 25.4 Å². The number of aliphatic hydroxyl groups is 1. The van der Waals surface area contributed by atoms with Crippen LogP contribution in [-0.4, -0.2) is 41.7 Å². The molecule has 16 heavy (non-hydrogen) atoms. The van der Waals surface area contributed by atoms with E-state index in [2.05, 4.69) is 4.98 Å². The van der Waals surface area contributed by atoms with Gasteiger partial charge in [0, 0.05) is 25.5 Å². The van der Waals surface area contributed by atoms with E-state index in [1.807, 2.05) is 6.07 Å². The molecule has 0 bridgehead atoms. The second-order valence-corrected chi connectivity index (χ2v) is 5.58. The minimum Gasteiger partial charge on any atom is -0.395 e. The van der Waals surface area contributed by atoms with E-state index in [4.69, 9.17) is 5.11 Å². The van der Waals surface area contributed by atoms with Gasteiger partial charge in [0.1, 0.15) is 0 Å². The Morgan fingerprint density at radius 3 is 2.75 bits per heavy atom. The Labute approximate surface area is 95.8 Å². The molecule has 0 aliphatic heterocycles. The summed E-state index contributed by atoms with van der Waals surface area (Å²) < 4.78 is 24.6. The smallest absolute Gasteiger partial charge is 0.214 e. The number of hydrogen-bond donors (Lipinski definition) is 1. The maximum atomic E-state index is 11.7.